The van der Waals surface area contributed by atoms with Gasteiger partial charge in [0, 0.05) is 25.1 Å². The molecule has 90 valence electrons. The zero-order valence-corrected chi connectivity index (χ0v) is 11.0. The van der Waals surface area contributed by atoms with Gasteiger partial charge in [0.25, 0.3) is 0 Å². The van der Waals surface area contributed by atoms with E-state index in [1.807, 2.05) is 21.0 Å². The van der Waals surface area contributed by atoms with Crippen molar-refractivity contribution < 1.29 is 0 Å². The number of hydrogen-bond donors (Lipinski definition) is 1. The minimum Gasteiger partial charge on any atom is -0.366 e. The van der Waals surface area contributed by atoms with E-state index in [1.165, 1.54) is 0 Å². The molecule has 16 heavy (non-hydrogen) atoms. The molecule has 0 aliphatic rings. The molecule has 4 nitrogen and oxygen atoms in total. The van der Waals surface area contributed by atoms with Crippen LogP contribution in [0.3, 0.4) is 0 Å². The van der Waals surface area contributed by atoms with E-state index in [9.17, 15) is 0 Å². The SMILES string of the molecule is CCc1nc(Cl)cc(NC(C)CN(C)C)n1. The number of halogens is 1. The minimum absolute atomic E-state index is 0.325. The molecule has 1 aromatic heterocycles. The summed E-state index contributed by atoms with van der Waals surface area (Å²) in [5.41, 5.74) is 0. The van der Waals surface area contributed by atoms with Crippen molar-refractivity contribution in [1.29, 1.82) is 0 Å². The maximum absolute atomic E-state index is 5.92. The Hall–Kier alpha value is -0.870. The van der Waals surface area contributed by atoms with Gasteiger partial charge in [-0.3, -0.25) is 0 Å². The molecule has 0 aliphatic heterocycles. The van der Waals surface area contributed by atoms with Crippen molar-refractivity contribution in [2.24, 2.45) is 0 Å². The average molecular weight is 243 g/mol. The second kappa shape index (κ2) is 6.01. The van der Waals surface area contributed by atoms with Crippen molar-refractivity contribution in [3.8, 4) is 0 Å². The first-order valence-electron chi connectivity index (χ1n) is 5.46. The Kier molecular flexibility index (Phi) is 4.96. The fraction of sp³-hybridized carbons (Fsp3) is 0.636. The van der Waals surface area contributed by atoms with E-state index in [2.05, 4.69) is 27.1 Å². The van der Waals surface area contributed by atoms with Crippen LogP contribution in [0.2, 0.25) is 5.15 Å². The van der Waals surface area contributed by atoms with Crippen molar-refractivity contribution >= 4 is 17.4 Å². The number of anilines is 1. The zero-order valence-electron chi connectivity index (χ0n) is 10.3. The van der Waals surface area contributed by atoms with Gasteiger partial charge in [-0.2, -0.15) is 0 Å². The van der Waals surface area contributed by atoms with Gasteiger partial charge in [0.2, 0.25) is 0 Å². The highest BCUT2D eigenvalue weighted by atomic mass is 35.5. The van der Waals surface area contributed by atoms with Crippen LogP contribution in [0.1, 0.15) is 19.7 Å². The predicted molar refractivity (Wildman–Crippen MR) is 68.1 cm³/mol. The van der Waals surface area contributed by atoms with Gasteiger partial charge < -0.3 is 10.2 Å². The highest BCUT2D eigenvalue weighted by Gasteiger charge is 2.06. The summed E-state index contributed by atoms with van der Waals surface area (Å²) >= 11 is 5.92. The minimum atomic E-state index is 0.325. The van der Waals surface area contributed by atoms with Crippen molar-refractivity contribution in [2.75, 3.05) is 26.0 Å². The maximum atomic E-state index is 5.92. The summed E-state index contributed by atoms with van der Waals surface area (Å²) in [7, 11) is 4.09. The van der Waals surface area contributed by atoms with Crippen LogP contribution in [-0.2, 0) is 6.42 Å². The fourth-order valence-electron chi connectivity index (χ4n) is 1.54. The summed E-state index contributed by atoms with van der Waals surface area (Å²) in [6, 6.07) is 2.08. The van der Waals surface area contributed by atoms with E-state index in [4.69, 9.17) is 11.6 Å². The molecule has 0 saturated heterocycles. The zero-order chi connectivity index (χ0) is 12.1. The third-order valence-electron chi connectivity index (χ3n) is 2.09. The van der Waals surface area contributed by atoms with Gasteiger partial charge in [-0.25, -0.2) is 9.97 Å². The van der Waals surface area contributed by atoms with Crippen LogP contribution in [0.25, 0.3) is 0 Å². The van der Waals surface area contributed by atoms with Crippen molar-refractivity contribution in [1.82, 2.24) is 14.9 Å². The molecule has 0 fully saturated rings. The van der Waals surface area contributed by atoms with Crippen LogP contribution in [0, 0.1) is 0 Å². The lowest BCUT2D eigenvalue weighted by Crippen LogP contribution is -2.30. The first-order valence-corrected chi connectivity index (χ1v) is 5.83. The molecule has 1 atom stereocenters. The van der Waals surface area contributed by atoms with Crippen LogP contribution < -0.4 is 5.32 Å². The summed E-state index contributed by atoms with van der Waals surface area (Å²) in [5, 5.41) is 3.80. The Morgan fingerprint density at radius 2 is 2.12 bits per heavy atom. The summed E-state index contributed by atoms with van der Waals surface area (Å²) in [6.07, 6.45) is 0.789. The highest BCUT2D eigenvalue weighted by Crippen LogP contribution is 2.12. The molecule has 1 unspecified atom stereocenters. The Morgan fingerprint density at radius 1 is 1.44 bits per heavy atom. The van der Waals surface area contributed by atoms with Gasteiger partial charge in [0.1, 0.15) is 16.8 Å². The van der Waals surface area contributed by atoms with E-state index in [1.54, 1.807) is 6.07 Å². The van der Waals surface area contributed by atoms with Gasteiger partial charge in [0.15, 0.2) is 0 Å². The number of aromatic nitrogens is 2. The monoisotopic (exact) mass is 242 g/mol. The van der Waals surface area contributed by atoms with Crippen LogP contribution in [0.4, 0.5) is 5.82 Å². The second-order valence-corrected chi connectivity index (χ2v) is 4.54. The van der Waals surface area contributed by atoms with Crippen LogP contribution in [0.5, 0.6) is 0 Å². The standard InChI is InChI=1S/C11H19ClN4/c1-5-10-14-9(12)6-11(15-10)13-8(2)7-16(3)4/h6,8H,5,7H2,1-4H3,(H,13,14,15). The van der Waals surface area contributed by atoms with E-state index < -0.39 is 0 Å². The Labute approximate surface area is 102 Å². The lowest BCUT2D eigenvalue weighted by atomic mass is 10.3. The van der Waals surface area contributed by atoms with Crippen LogP contribution in [0.15, 0.2) is 6.07 Å². The van der Waals surface area contributed by atoms with Gasteiger partial charge in [-0.1, -0.05) is 18.5 Å². The summed E-state index contributed by atoms with van der Waals surface area (Å²) in [4.78, 5) is 10.6. The first kappa shape index (κ1) is 13.2. The fourth-order valence-corrected chi connectivity index (χ4v) is 1.74. The molecule has 1 aromatic rings. The number of nitrogens with one attached hydrogen (secondary N) is 1. The van der Waals surface area contributed by atoms with Gasteiger partial charge in [-0.05, 0) is 21.0 Å². The van der Waals surface area contributed by atoms with Crippen LogP contribution >= 0.6 is 11.6 Å². The summed E-state index contributed by atoms with van der Waals surface area (Å²) in [5.74, 6) is 1.57. The maximum Gasteiger partial charge on any atom is 0.134 e. The van der Waals surface area contributed by atoms with Crippen LogP contribution in [-0.4, -0.2) is 41.5 Å². The van der Waals surface area contributed by atoms with Gasteiger partial charge >= 0.3 is 0 Å². The normalized spacial score (nSPS) is 12.9. The lowest BCUT2D eigenvalue weighted by molar-refractivity contribution is 0.392. The van der Waals surface area contributed by atoms with E-state index >= 15 is 0 Å². The summed E-state index contributed by atoms with van der Waals surface area (Å²) in [6.45, 7) is 5.07. The second-order valence-electron chi connectivity index (χ2n) is 4.15. The topological polar surface area (TPSA) is 41.1 Å². The average Bonchev–Trinajstić information content (AvgIpc) is 2.14. The van der Waals surface area contributed by atoms with Gasteiger partial charge in [0.05, 0.1) is 0 Å². The largest absolute Gasteiger partial charge is 0.366 e. The molecule has 1 rings (SSSR count). The Bertz CT molecular complexity index is 341. The summed E-state index contributed by atoms with van der Waals surface area (Å²) < 4.78 is 0. The Morgan fingerprint density at radius 3 is 2.69 bits per heavy atom. The van der Waals surface area contributed by atoms with Gasteiger partial charge in [-0.15, -0.1) is 0 Å². The smallest absolute Gasteiger partial charge is 0.134 e. The molecule has 0 amide bonds. The van der Waals surface area contributed by atoms with Crippen molar-refractivity contribution in [3.63, 3.8) is 0 Å². The third kappa shape index (κ3) is 4.33. The molecule has 1 heterocycles. The van der Waals surface area contributed by atoms with Crippen molar-refractivity contribution in [3.05, 3.63) is 17.0 Å². The molecule has 0 aliphatic carbocycles. The first-order chi connectivity index (χ1) is 7.51. The molecule has 0 radical (unpaired) electrons. The molecular formula is C11H19ClN4. The van der Waals surface area contributed by atoms with Crippen molar-refractivity contribution in [2.45, 2.75) is 26.3 Å². The molecular weight excluding hydrogens is 224 g/mol. The quantitative estimate of drug-likeness (QED) is 0.803. The molecule has 0 aromatic carbocycles. The van der Waals surface area contributed by atoms with E-state index in [0.29, 0.717) is 11.2 Å². The third-order valence-corrected chi connectivity index (χ3v) is 2.28. The molecule has 0 spiro atoms. The number of hydrogen-bond acceptors (Lipinski definition) is 4. The number of aryl methyl sites for hydroxylation is 1. The highest BCUT2D eigenvalue weighted by molar-refractivity contribution is 6.29. The molecule has 0 bridgehead atoms. The predicted octanol–water partition coefficient (Wildman–Crippen LogP) is 2.05. The molecule has 0 saturated carbocycles. The molecule has 1 N–H and O–H groups in total. The van der Waals surface area contributed by atoms with E-state index in [-0.39, 0.29) is 0 Å². The van der Waals surface area contributed by atoms with E-state index in [0.717, 1.165) is 24.6 Å². The number of likely N-dealkylation sites (N-methyl/N-ethyl adjacent to an activating group) is 1. The lowest BCUT2D eigenvalue weighted by Gasteiger charge is -2.19. The Balaban J connectivity index is 2.69. The number of rotatable bonds is 5. The molecule has 5 heteroatoms. The number of nitrogens with zero attached hydrogens (tertiary/aromatic N) is 3.